The highest BCUT2D eigenvalue weighted by Gasteiger charge is 2.35. The number of hydrogen-bond acceptors (Lipinski definition) is 7. The number of nitrogens with one attached hydrogen (secondary N) is 1. The number of hydrogen-bond donors (Lipinski definition) is 1. The number of halogens is 2. The lowest BCUT2D eigenvalue weighted by Gasteiger charge is -2.34. The summed E-state index contributed by atoms with van der Waals surface area (Å²) in [5.41, 5.74) is 1.54. The Morgan fingerprint density at radius 1 is 0.863 bits per heavy atom. The molecule has 0 unspecified atom stereocenters. The Kier molecular flexibility index (Phi) is 14.0. The standard InChI is InChI=1S/C38H43Cl2N3O7S/c1-6-50-31-16-14-30(15-17-31)43(51(46,47)32-18-19-35(48-4)36(22-32)49-5)25-37(44)42(24-28-12-13-29(39)21-33(28)40)34(38(45)41-23-26(2)3)20-27-10-8-7-9-11-27/h7-19,21-22,26,34H,6,20,23-25H2,1-5H3,(H,41,45)/t34-/m1/s1. The first-order chi connectivity index (χ1) is 24.4. The molecule has 0 spiro atoms. The summed E-state index contributed by atoms with van der Waals surface area (Å²) in [6.45, 7) is 5.81. The Labute approximate surface area is 310 Å². The molecule has 0 saturated carbocycles. The molecule has 0 heterocycles. The Bertz CT molecular complexity index is 1890. The van der Waals surface area contributed by atoms with Gasteiger partial charge in [0.25, 0.3) is 10.0 Å². The van der Waals surface area contributed by atoms with Crippen LogP contribution in [0.3, 0.4) is 0 Å². The van der Waals surface area contributed by atoms with Gasteiger partial charge in [0.2, 0.25) is 11.8 Å². The SMILES string of the molecule is CCOc1ccc(N(CC(=O)N(Cc2ccc(Cl)cc2Cl)[C@H](Cc2ccccc2)C(=O)NCC(C)C)S(=O)(=O)c2ccc(OC)c(OC)c2)cc1. The van der Waals surface area contributed by atoms with E-state index >= 15 is 0 Å². The summed E-state index contributed by atoms with van der Waals surface area (Å²) in [7, 11) is -1.57. The molecule has 0 aliphatic carbocycles. The molecule has 13 heteroatoms. The van der Waals surface area contributed by atoms with Crippen molar-refractivity contribution < 1.29 is 32.2 Å². The second-order valence-electron chi connectivity index (χ2n) is 12.1. The van der Waals surface area contributed by atoms with Gasteiger partial charge in [-0.1, -0.05) is 73.4 Å². The van der Waals surface area contributed by atoms with Gasteiger partial charge in [0, 0.05) is 35.6 Å². The second-order valence-corrected chi connectivity index (χ2v) is 14.8. The number of benzene rings is 4. The zero-order valence-electron chi connectivity index (χ0n) is 29.3. The van der Waals surface area contributed by atoms with Crippen molar-refractivity contribution in [2.75, 3.05) is 38.2 Å². The minimum Gasteiger partial charge on any atom is -0.494 e. The minimum absolute atomic E-state index is 0.102. The lowest BCUT2D eigenvalue weighted by atomic mass is 10.0. The molecular formula is C38H43Cl2N3O7S. The summed E-state index contributed by atoms with van der Waals surface area (Å²) in [6.07, 6.45) is 0.160. The number of nitrogens with zero attached hydrogens (tertiary/aromatic N) is 2. The second kappa shape index (κ2) is 18.2. The highest BCUT2D eigenvalue weighted by molar-refractivity contribution is 7.92. The fourth-order valence-corrected chi connectivity index (χ4v) is 7.22. The highest BCUT2D eigenvalue weighted by Crippen LogP contribution is 2.33. The van der Waals surface area contributed by atoms with Crippen LogP contribution in [0.25, 0.3) is 0 Å². The summed E-state index contributed by atoms with van der Waals surface area (Å²) in [6, 6.07) is 23.7. The smallest absolute Gasteiger partial charge is 0.264 e. The molecule has 272 valence electrons. The van der Waals surface area contributed by atoms with Gasteiger partial charge in [-0.15, -0.1) is 0 Å². The summed E-state index contributed by atoms with van der Waals surface area (Å²) < 4.78 is 46.3. The lowest BCUT2D eigenvalue weighted by Crippen LogP contribution is -2.53. The van der Waals surface area contributed by atoms with Crippen LogP contribution in [0.5, 0.6) is 17.2 Å². The third kappa shape index (κ3) is 10.3. The number of rotatable bonds is 17. The number of anilines is 1. The predicted molar refractivity (Wildman–Crippen MR) is 200 cm³/mol. The molecule has 4 aromatic rings. The summed E-state index contributed by atoms with van der Waals surface area (Å²) >= 11 is 12.8. The van der Waals surface area contributed by atoms with Crippen molar-refractivity contribution in [3.63, 3.8) is 0 Å². The molecule has 0 aliphatic rings. The Balaban J connectivity index is 1.85. The number of carbonyl (C=O) groups is 2. The van der Waals surface area contributed by atoms with Crippen LogP contribution >= 0.6 is 23.2 Å². The van der Waals surface area contributed by atoms with Crippen molar-refractivity contribution in [1.29, 1.82) is 0 Å². The van der Waals surface area contributed by atoms with Gasteiger partial charge < -0.3 is 24.4 Å². The van der Waals surface area contributed by atoms with Crippen LogP contribution in [-0.4, -0.2) is 65.1 Å². The monoisotopic (exact) mass is 755 g/mol. The zero-order valence-corrected chi connectivity index (χ0v) is 31.6. The van der Waals surface area contributed by atoms with Crippen molar-refractivity contribution in [3.8, 4) is 17.2 Å². The number of methoxy groups -OCH3 is 2. The molecule has 0 bridgehead atoms. The molecule has 1 atom stereocenters. The van der Waals surface area contributed by atoms with E-state index in [1.165, 1.54) is 37.3 Å². The third-order valence-corrected chi connectivity index (χ3v) is 10.3. The van der Waals surface area contributed by atoms with E-state index in [9.17, 15) is 18.0 Å². The van der Waals surface area contributed by atoms with Crippen LogP contribution in [0.4, 0.5) is 5.69 Å². The van der Waals surface area contributed by atoms with Gasteiger partial charge in [-0.2, -0.15) is 0 Å². The third-order valence-electron chi connectivity index (χ3n) is 7.97. The molecule has 0 aromatic heterocycles. The molecule has 0 aliphatic heterocycles. The summed E-state index contributed by atoms with van der Waals surface area (Å²) in [4.78, 5) is 30.0. The number of amides is 2. The van der Waals surface area contributed by atoms with E-state index in [-0.39, 0.29) is 41.1 Å². The molecule has 4 aromatic carbocycles. The maximum Gasteiger partial charge on any atom is 0.264 e. The van der Waals surface area contributed by atoms with E-state index < -0.39 is 28.5 Å². The van der Waals surface area contributed by atoms with Crippen molar-refractivity contribution in [3.05, 3.63) is 112 Å². The van der Waals surface area contributed by atoms with Gasteiger partial charge in [0.05, 0.1) is 31.4 Å². The maximum atomic E-state index is 14.8. The quantitative estimate of drug-likeness (QED) is 0.123. The van der Waals surface area contributed by atoms with E-state index in [0.29, 0.717) is 40.3 Å². The van der Waals surface area contributed by atoms with Gasteiger partial charge in [-0.25, -0.2) is 8.42 Å². The van der Waals surface area contributed by atoms with Crippen LogP contribution in [-0.2, 0) is 32.6 Å². The average Bonchev–Trinajstić information content (AvgIpc) is 3.12. The zero-order chi connectivity index (χ0) is 37.1. The summed E-state index contributed by atoms with van der Waals surface area (Å²) in [5.74, 6) is 0.173. The maximum absolute atomic E-state index is 14.8. The molecule has 0 fully saturated rings. The molecule has 0 saturated heterocycles. The fourth-order valence-electron chi connectivity index (χ4n) is 5.32. The first kappa shape index (κ1) is 39.3. The van der Waals surface area contributed by atoms with Crippen molar-refractivity contribution in [1.82, 2.24) is 10.2 Å². The molecule has 0 radical (unpaired) electrons. The predicted octanol–water partition coefficient (Wildman–Crippen LogP) is 7.02. The average molecular weight is 757 g/mol. The van der Waals surface area contributed by atoms with Crippen LogP contribution in [0, 0.1) is 5.92 Å². The first-order valence-electron chi connectivity index (χ1n) is 16.4. The number of carbonyl (C=O) groups excluding carboxylic acids is 2. The topological polar surface area (TPSA) is 114 Å². The highest BCUT2D eigenvalue weighted by atomic mass is 35.5. The van der Waals surface area contributed by atoms with E-state index in [4.69, 9.17) is 37.4 Å². The molecular weight excluding hydrogens is 713 g/mol. The Morgan fingerprint density at radius 2 is 1.55 bits per heavy atom. The Morgan fingerprint density at radius 3 is 2.16 bits per heavy atom. The Hall–Kier alpha value is -4.45. The van der Waals surface area contributed by atoms with Gasteiger partial charge in [-0.3, -0.25) is 13.9 Å². The number of ether oxygens (including phenoxy) is 3. The number of sulfonamides is 1. The van der Waals surface area contributed by atoms with Crippen LogP contribution in [0.1, 0.15) is 31.9 Å². The van der Waals surface area contributed by atoms with Gasteiger partial charge in [-0.05, 0) is 72.5 Å². The lowest BCUT2D eigenvalue weighted by molar-refractivity contribution is -0.140. The van der Waals surface area contributed by atoms with Crippen molar-refractivity contribution >= 4 is 50.7 Å². The molecule has 10 nitrogen and oxygen atoms in total. The van der Waals surface area contributed by atoms with Crippen molar-refractivity contribution in [2.24, 2.45) is 5.92 Å². The van der Waals surface area contributed by atoms with E-state index in [1.807, 2.05) is 51.1 Å². The largest absolute Gasteiger partial charge is 0.494 e. The van der Waals surface area contributed by atoms with Gasteiger partial charge in [0.15, 0.2) is 11.5 Å². The molecule has 1 N–H and O–H groups in total. The van der Waals surface area contributed by atoms with E-state index in [1.54, 1.807) is 42.5 Å². The van der Waals surface area contributed by atoms with E-state index in [0.717, 1.165) is 9.87 Å². The molecule has 2 amide bonds. The van der Waals surface area contributed by atoms with Crippen LogP contribution in [0.2, 0.25) is 10.0 Å². The van der Waals surface area contributed by atoms with Crippen LogP contribution < -0.4 is 23.8 Å². The summed E-state index contributed by atoms with van der Waals surface area (Å²) in [5, 5.41) is 3.67. The van der Waals surface area contributed by atoms with Gasteiger partial charge >= 0.3 is 0 Å². The first-order valence-corrected chi connectivity index (χ1v) is 18.6. The fraction of sp³-hybridized carbons (Fsp3) is 0.316. The van der Waals surface area contributed by atoms with Gasteiger partial charge in [0.1, 0.15) is 18.3 Å². The molecule has 4 rings (SSSR count). The van der Waals surface area contributed by atoms with Crippen LogP contribution in [0.15, 0.2) is 95.9 Å². The van der Waals surface area contributed by atoms with Crippen molar-refractivity contribution in [2.45, 2.75) is 44.7 Å². The molecule has 51 heavy (non-hydrogen) atoms. The van der Waals surface area contributed by atoms with E-state index in [2.05, 4.69) is 5.32 Å². The normalized spacial score (nSPS) is 11.8. The minimum atomic E-state index is -4.41.